The van der Waals surface area contributed by atoms with Gasteiger partial charge in [0.1, 0.15) is 37.1 Å². The number of hydrogen-bond donors (Lipinski definition) is 3. The third kappa shape index (κ3) is 16.6. The van der Waals surface area contributed by atoms with Crippen LogP contribution in [0.5, 0.6) is 17.2 Å². The molecule has 2 atom stereocenters. The summed E-state index contributed by atoms with van der Waals surface area (Å²) >= 11 is 0. The minimum absolute atomic E-state index is 0.122. The lowest BCUT2D eigenvalue weighted by Gasteiger charge is -2.22. The predicted octanol–water partition coefficient (Wildman–Crippen LogP) is 10.7. The van der Waals surface area contributed by atoms with Gasteiger partial charge in [-0.2, -0.15) is 15.3 Å². The molecule has 3 aliphatic rings. The number of aliphatic hydroxyl groups is 2. The second-order valence-corrected chi connectivity index (χ2v) is 25.3. The maximum Gasteiger partial charge on any atom is 0.258 e. The van der Waals surface area contributed by atoms with Crippen molar-refractivity contribution < 1.29 is 24.4 Å². The average Bonchev–Trinajstić information content (AvgIpc) is 1.54. The van der Waals surface area contributed by atoms with Gasteiger partial charge in [-0.05, 0) is 141 Å². The Kier molecular flexibility index (Phi) is 21.8. The Morgan fingerprint density at radius 2 is 0.755 bits per heavy atom. The number of ether oxygens (including phenoxy) is 3. The highest BCUT2D eigenvalue weighted by Crippen LogP contribution is 2.25. The molecule has 15 rings (SSSR count). The number of benzene rings is 6. The number of rotatable bonds is 24. The standard InChI is InChI=1S/2C26H28N4O3.C26H28N4O2/c2*31-18-23-7-4-11-28(23)13-14-30-25-9-8-22(15-21(25)17-27-30)29-12-10-24(16-26(29)32)33-19-20-5-2-1-3-6-20;31-26-17-24(32-19-20-6-2-1-3-7-20)12-14-29(26)23-10-11-25-21(16-23)18-28-30(25)15-13-27-22-8-4-5-9-22/h2*1-3,5-6,8-10,12,15-17,23,31H,4,7,11,13-14,18-19H2;1-3,6-7,10-12,14,16-18,22,27H,4-5,8-9,13,15,19H2/t2*23-;/m10./s1. The normalized spacial score (nSPS) is 15.7. The molecule has 20 heteroatoms. The first-order chi connectivity index (χ1) is 48.2. The Hall–Kier alpha value is -10.2. The first-order valence-corrected chi connectivity index (χ1v) is 34.2. The molecule has 8 heterocycles. The van der Waals surface area contributed by atoms with Gasteiger partial charge in [-0.25, -0.2) is 0 Å². The van der Waals surface area contributed by atoms with Crippen LogP contribution in [0.15, 0.2) is 234 Å². The summed E-state index contributed by atoms with van der Waals surface area (Å²) in [6, 6.07) is 58.8. The van der Waals surface area contributed by atoms with Crippen molar-refractivity contribution in [3.8, 4) is 34.3 Å². The van der Waals surface area contributed by atoms with Crippen LogP contribution in [-0.2, 0) is 39.5 Å². The van der Waals surface area contributed by atoms with Crippen LogP contribution in [0.25, 0.3) is 49.8 Å². The molecule has 6 aromatic carbocycles. The summed E-state index contributed by atoms with van der Waals surface area (Å²) in [5.74, 6) is 1.67. The predicted molar refractivity (Wildman–Crippen MR) is 382 cm³/mol. The zero-order valence-corrected chi connectivity index (χ0v) is 55.1. The van der Waals surface area contributed by atoms with Crippen LogP contribution in [0.2, 0.25) is 0 Å². The number of pyridine rings is 3. The van der Waals surface area contributed by atoms with Gasteiger partial charge in [0.05, 0.1) is 68.0 Å². The van der Waals surface area contributed by atoms with Gasteiger partial charge in [0.25, 0.3) is 16.7 Å². The molecule has 0 amide bonds. The minimum Gasteiger partial charge on any atom is -0.489 e. The number of fused-ring (bicyclic) bond motifs is 3. The monoisotopic (exact) mass is 1320 g/mol. The molecule has 3 fully saturated rings. The van der Waals surface area contributed by atoms with Crippen LogP contribution in [0.3, 0.4) is 0 Å². The average molecular weight is 1320 g/mol. The summed E-state index contributed by atoms with van der Waals surface area (Å²) in [7, 11) is 0. The van der Waals surface area contributed by atoms with Gasteiger partial charge in [-0.1, -0.05) is 104 Å². The molecule has 504 valence electrons. The smallest absolute Gasteiger partial charge is 0.258 e. The second kappa shape index (κ2) is 32.2. The molecule has 3 N–H and O–H groups in total. The van der Waals surface area contributed by atoms with Crippen molar-refractivity contribution in [1.29, 1.82) is 0 Å². The largest absolute Gasteiger partial charge is 0.489 e. The van der Waals surface area contributed by atoms with E-state index in [1.165, 1.54) is 43.9 Å². The first-order valence-electron chi connectivity index (χ1n) is 34.2. The van der Waals surface area contributed by atoms with Gasteiger partial charge in [0, 0.05) is 108 Å². The summed E-state index contributed by atoms with van der Waals surface area (Å²) in [4.78, 5) is 42.9. The maximum absolute atomic E-state index is 12.7. The maximum atomic E-state index is 12.7. The molecule has 2 saturated heterocycles. The highest BCUT2D eigenvalue weighted by molar-refractivity contribution is 5.82. The van der Waals surface area contributed by atoms with E-state index in [-0.39, 0.29) is 42.0 Å². The molecule has 2 aliphatic heterocycles. The van der Waals surface area contributed by atoms with Crippen molar-refractivity contribution >= 4 is 32.7 Å². The minimum atomic E-state index is -0.142. The van der Waals surface area contributed by atoms with Crippen LogP contribution in [0.4, 0.5) is 0 Å². The number of aliphatic hydroxyl groups excluding tert-OH is 2. The fourth-order valence-electron chi connectivity index (χ4n) is 13.5. The van der Waals surface area contributed by atoms with E-state index in [0.29, 0.717) is 43.1 Å². The third-order valence-corrected chi connectivity index (χ3v) is 18.9. The van der Waals surface area contributed by atoms with Gasteiger partial charge in [0.2, 0.25) is 0 Å². The number of aromatic nitrogens is 9. The van der Waals surface area contributed by atoms with E-state index in [0.717, 1.165) is 145 Å². The van der Waals surface area contributed by atoms with Crippen molar-refractivity contribution in [3.63, 3.8) is 0 Å². The number of likely N-dealkylation sites (tertiary alicyclic amines) is 2. The highest BCUT2D eigenvalue weighted by atomic mass is 16.5. The number of hydrogen-bond acceptors (Lipinski definition) is 14. The molecular weight excluding hydrogens is 1230 g/mol. The molecule has 0 unspecified atom stereocenters. The van der Waals surface area contributed by atoms with E-state index < -0.39 is 0 Å². The third-order valence-electron chi connectivity index (χ3n) is 18.9. The van der Waals surface area contributed by atoms with Crippen molar-refractivity contribution in [2.45, 2.75) is 109 Å². The first kappa shape index (κ1) is 66.4. The molecular formula is C78H84N12O8. The zero-order valence-electron chi connectivity index (χ0n) is 55.1. The Balaban J connectivity index is 0.000000132. The van der Waals surface area contributed by atoms with Gasteiger partial charge < -0.3 is 29.7 Å². The molecule has 0 radical (unpaired) electrons. The quantitative estimate of drug-likeness (QED) is 0.0515. The Labute approximate surface area is 568 Å². The SMILES string of the molecule is O=c1cc(OCc2ccccc2)ccn1-c1ccc2c(cnn2CCN2CCC[C@@H]2CO)c1.O=c1cc(OCc2ccccc2)ccn1-c1ccc2c(cnn2CCN2CCC[C@H]2CO)c1.O=c1cc(OCc2ccccc2)ccn1-c1ccc2c(cnn2CCNC2CCCC2)c1. The molecule has 6 aromatic heterocycles. The molecule has 1 aliphatic carbocycles. The molecule has 12 aromatic rings. The second-order valence-electron chi connectivity index (χ2n) is 25.3. The van der Waals surface area contributed by atoms with E-state index in [1.54, 1.807) is 32.3 Å². The van der Waals surface area contributed by atoms with Crippen molar-refractivity contribution in [3.05, 3.63) is 267 Å². The van der Waals surface area contributed by atoms with E-state index in [9.17, 15) is 24.6 Å². The van der Waals surface area contributed by atoms with Gasteiger partial charge in [0.15, 0.2) is 0 Å². The summed E-state index contributed by atoms with van der Waals surface area (Å²) in [6.45, 7) is 8.82. The fourth-order valence-corrected chi connectivity index (χ4v) is 13.5. The van der Waals surface area contributed by atoms with E-state index >= 15 is 0 Å². The van der Waals surface area contributed by atoms with Crippen LogP contribution in [0.1, 0.15) is 68.1 Å². The Morgan fingerprint density at radius 1 is 0.398 bits per heavy atom. The van der Waals surface area contributed by atoms with Crippen molar-refractivity contribution in [2.24, 2.45) is 0 Å². The van der Waals surface area contributed by atoms with Gasteiger partial charge >= 0.3 is 0 Å². The lowest BCUT2D eigenvalue weighted by atomic mass is 10.2. The van der Waals surface area contributed by atoms with Crippen LogP contribution in [0, 0.1) is 0 Å². The van der Waals surface area contributed by atoms with Gasteiger partial charge in [-0.15, -0.1) is 0 Å². The Bertz CT molecular complexity index is 4550. The zero-order chi connectivity index (χ0) is 67.0. The Morgan fingerprint density at radius 3 is 1.10 bits per heavy atom. The molecule has 0 spiro atoms. The fraction of sp³-hybridized carbons (Fsp3) is 0.308. The summed E-state index contributed by atoms with van der Waals surface area (Å²) < 4.78 is 28.2. The highest BCUT2D eigenvalue weighted by Gasteiger charge is 2.25. The molecule has 20 nitrogen and oxygen atoms in total. The number of nitrogens with one attached hydrogen (secondary N) is 1. The van der Waals surface area contributed by atoms with Crippen molar-refractivity contribution in [2.75, 3.05) is 45.9 Å². The molecule has 0 bridgehead atoms. The van der Waals surface area contributed by atoms with E-state index in [1.807, 2.05) is 196 Å². The molecule has 1 saturated carbocycles. The van der Waals surface area contributed by atoms with Crippen molar-refractivity contribution in [1.82, 2.24) is 58.2 Å². The van der Waals surface area contributed by atoms with Crippen LogP contribution >= 0.6 is 0 Å². The molecule has 98 heavy (non-hydrogen) atoms. The summed E-state index contributed by atoms with van der Waals surface area (Å²) in [5.41, 5.74) is 8.33. The van der Waals surface area contributed by atoms with Crippen LogP contribution in [-0.4, -0.2) is 127 Å². The summed E-state index contributed by atoms with van der Waals surface area (Å²) in [5, 5.41) is 39.4. The lowest BCUT2D eigenvalue weighted by Crippen LogP contribution is -2.34. The van der Waals surface area contributed by atoms with E-state index in [2.05, 4.69) is 30.4 Å². The van der Waals surface area contributed by atoms with Gasteiger partial charge in [-0.3, -0.25) is 51.9 Å². The lowest BCUT2D eigenvalue weighted by molar-refractivity contribution is 0.154. The topological polar surface area (TPSA) is 206 Å². The van der Waals surface area contributed by atoms with Crippen LogP contribution < -0.4 is 36.2 Å². The summed E-state index contributed by atoms with van der Waals surface area (Å²) in [6.07, 6.45) is 20.5. The number of nitrogens with zero attached hydrogens (tertiary/aromatic N) is 11. The van der Waals surface area contributed by atoms with E-state index in [4.69, 9.17) is 14.2 Å².